The van der Waals surface area contributed by atoms with Crippen LogP contribution in [0.5, 0.6) is 0 Å². The van der Waals surface area contributed by atoms with E-state index in [1.165, 1.54) is 0 Å². The van der Waals surface area contributed by atoms with Crippen LogP contribution in [0.4, 0.5) is 0 Å². The van der Waals surface area contributed by atoms with Crippen LogP contribution >= 0.6 is 0 Å². The molecule has 4 heteroatoms. The zero-order valence-corrected chi connectivity index (χ0v) is 2.60. The molecule has 0 heterocycles. The van der Waals surface area contributed by atoms with Crippen LogP contribution in [0.15, 0.2) is 0 Å². The summed E-state index contributed by atoms with van der Waals surface area (Å²) < 4.78 is 0. The first kappa shape index (κ1) is 4.20. The van der Waals surface area contributed by atoms with Crippen molar-refractivity contribution in [1.82, 2.24) is 0 Å². The lowest BCUT2D eigenvalue weighted by molar-refractivity contribution is -0.701. The normalized spacial score (nSPS) is 6.40. The van der Waals surface area contributed by atoms with Gasteiger partial charge in [0.15, 0.2) is 0 Å². The monoisotopic (exact) mass is 72.0 g/mol. The molecule has 28 valence electrons. The van der Waals surface area contributed by atoms with E-state index in [2.05, 4.69) is 0 Å². The van der Waals surface area contributed by atoms with E-state index < -0.39 is 0 Å². The predicted molar refractivity (Wildman–Crippen MR) is 13.5 cm³/mol. The highest BCUT2D eigenvalue weighted by molar-refractivity contribution is 3.69. The fraction of sp³-hybridized carbons (Fsp3) is 1.00. The molecule has 5 heavy (non-hydrogen) atoms. The SMILES string of the molecule is [N-]=[NH+]C[NH+]=[N-]. The maximum Gasteiger partial charge on any atom is 0.310 e. The summed E-state index contributed by atoms with van der Waals surface area (Å²) in [6, 6.07) is 0. The molecule has 2 N–H and O–H groups in total. The average Bonchev–Trinajstić information content (AvgIpc) is 1.41. The van der Waals surface area contributed by atoms with E-state index in [-0.39, 0.29) is 6.67 Å². The van der Waals surface area contributed by atoms with Gasteiger partial charge in [0.2, 0.25) is 0 Å². The number of nitrogens with zero attached hydrogens (tertiary/aromatic N) is 2. The van der Waals surface area contributed by atoms with Crippen molar-refractivity contribution in [3.05, 3.63) is 11.1 Å². The largest absolute Gasteiger partial charge is 0.503 e. The molecule has 0 unspecified atom stereocenters. The molecule has 0 aliphatic rings. The van der Waals surface area contributed by atoms with Crippen LogP contribution in [-0.4, -0.2) is 6.67 Å². The first-order valence-corrected chi connectivity index (χ1v) is 1.15. The summed E-state index contributed by atoms with van der Waals surface area (Å²) >= 11 is 0. The maximum absolute atomic E-state index is 7.59. The van der Waals surface area contributed by atoms with Crippen molar-refractivity contribution < 1.29 is 10.2 Å². The first-order valence-electron chi connectivity index (χ1n) is 1.15. The summed E-state index contributed by atoms with van der Waals surface area (Å²) in [5.41, 5.74) is 15.2. The molecule has 0 bridgehead atoms. The van der Waals surface area contributed by atoms with Crippen LogP contribution in [-0.2, 0) is 0 Å². The summed E-state index contributed by atoms with van der Waals surface area (Å²) in [4.78, 5) is 0. The standard InChI is InChI=1S/CH4N4/c2-4-1-5-3/h4-5H,1H2. The molecule has 0 spiro atoms. The molecule has 0 radical (unpaired) electrons. The zero-order valence-electron chi connectivity index (χ0n) is 2.60. The van der Waals surface area contributed by atoms with Crippen LogP contribution in [0, 0.1) is 0 Å². The molecule has 0 atom stereocenters. The minimum Gasteiger partial charge on any atom is -0.503 e. The van der Waals surface area contributed by atoms with Gasteiger partial charge in [0.25, 0.3) is 0 Å². The molecule has 0 aromatic carbocycles. The third kappa shape index (κ3) is 3.20. The van der Waals surface area contributed by atoms with E-state index in [0.717, 1.165) is 0 Å². The molecule has 0 aliphatic heterocycles. The van der Waals surface area contributed by atoms with Gasteiger partial charge >= 0.3 is 6.67 Å². The van der Waals surface area contributed by atoms with Crippen LogP contribution in [0.3, 0.4) is 0 Å². The molecule has 0 aliphatic carbocycles. The van der Waals surface area contributed by atoms with Gasteiger partial charge in [-0.3, -0.25) is 10.2 Å². The van der Waals surface area contributed by atoms with Gasteiger partial charge in [-0.1, -0.05) is 0 Å². The van der Waals surface area contributed by atoms with Crippen LogP contribution in [0.2, 0.25) is 0 Å². The van der Waals surface area contributed by atoms with Gasteiger partial charge < -0.3 is 11.1 Å². The molecule has 4 nitrogen and oxygen atoms in total. The Balaban J connectivity index is 2.65. The summed E-state index contributed by atoms with van der Waals surface area (Å²) in [5.74, 6) is 0. The van der Waals surface area contributed by atoms with Crippen molar-refractivity contribution >= 4 is 0 Å². The van der Waals surface area contributed by atoms with Crippen molar-refractivity contribution in [3.63, 3.8) is 0 Å². The second kappa shape index (κ2) is 3.20. The second-order valence-corrected chi connectivity index (χ2v) is 0.493. The maximum atomic E-state index is 7.59. The predicted octanol–water partition coefficient (Wildman–Crippen LogP) is -2.85. The van der Waals surface area contributed by atoms with Crippen LogP contribution in [0.1, 0.15) is 0 Å². The van der Waals surface area contributed by atoms with Gasteiger partial charge in [0.05, 0.1) is 0 Å². The van der Waals surface area contributed by atoms with Gasteiger partial charge in [0.1, 0.15) is 0 Å². The summed E-state index contributed by atoms with van der Waals surface area (Å²) in [6.07, 6.45) is 0. The van der Waals surface area contributed by atoms with E-state index in [4.69, 9.17) is 11.1 Å². The molecule has 0 rings (SSSR count). The van der Waals surface area contributed by atoms with Crippen molar-refractivity contribution in [2.75, 3.05) is 6.67 Å². The smallest absolute Gasteiger partial charge is 0.310 e. The highest BCUT2D eigenvalue weighted by Gasteiger charge is 1.56. The number of rotatable bonds is 2. The fourth-order valence-electron chi connectivity index (χ4n) is 0.0354. The zero-order chi connectivity index (χ0) is 4.12. The second-order valence-electron chi connectivity index (χ2n) is 0.493. The minimum atomic E-state index is 0. The van der Waals surface area contributed by atoms with E-state index in [1.807, 2.05) is 0 Å². The Morgan fingerprint density at radius 1 is 1.20 bits per heavy atom. The molecule has 0 amide bonds. The van der Waals surface area contributed by atoms with E-state index in [9.17, 15) is 0 Å². The number of hydrogen-bond donors (Lipinski definition) is 2. The Hall–Kier alpha value is -0.800. The van der Waals surface area contributed by atoms with Crippen molar-refractivity contribution in [1.29, 1.82) is 0 Å². The van der Waals surface area contributed by atoms with Crippen molar-refractivity contribution in [3.8, 4) is 0 Å². The van der Waals surface area contributed by atoms with Gasteiger partial charge in [-0.25, -0.2) is 0 Å². The lowest BCUT2D eigenvalue weighted by atomic mass is 11.2. The van der Waals surface area contributed by atoms with Gasteiger partial charge in [-0.15, -0.1) is 0 Å². The Bertz CT molecular complexity index is 32.9. The van der Waals surface area contributed by atoms with E-state index in [0.29, 0.717) is 0 Å². The van der Waals surface area contributed by atoms with E-state index in [1.54, 1.807) is 10.2 Å². The molecule has 0 saturated carbocycles. The first-order chi connectivity index (χ1) is 2.41. The van der Waals surface area contributed by atoms with Crippen LogP contribution < -0.4 is 10.2 Å². The molecule has 0 fully saturated rings. The minimum absolute atomic E-state index is 0. The highest BCUT2D eigenvalue weighted by Crippen LogP contribution is 0.850. The van der Waals surface area contributed by atoms with Crippen molar-refractivity contribution in [2.45, 2.75) is 0 Å². The molecular weight excluding hydrogens is 68.0 g/mol. The third-order valence-electron chi connectivity index (χ3n) is 0.158. The Morgan fingerprint density at radius 2 is 1.60 bits per heavy atom. The van der Waals surface area contributed by atoms with Crippen molar-refractivity contribution in [2.24, 2.45) is 0 Å². The molecule has 0 saturated heterocycles. The highest BCUT2D eigenvalue weighted by atomic mass is 15.1. The number of hydrogen-bond acceptors (Lipinski definition) is 0. The fourth-order valence-corrected chi connectivity index (χ4v) is 0.0354. The Kier molecular flexibility index (Phi) is 2.69. The number of nitrogens with one attached hydrogen (secondary N) is 2. The Labute approximate surface area is 29.2 Å². The lowest BCUT2D eigenvalue weighted by Crippen LogP contribution is -2.86. The quantitative estimate of drug-likeness (QED) is 0.260. The molecular formula is CH4N4. The van der Waals surface area contributed by atoms with Crippen LogP contribution in [0.25, 0.3) is 11.1 Å². The van der Waals surface area contributed by atoms with Gasteiger partial charge in [-0.05, 0) is 0 Å². The summed E-state index contributed by atoms with van der Waals surface area (Å²) in [7, 11) is 0. The average molecular weight is 72.1 g/mol. The van der Waals surface area contributed by atoms with Gasteiger partial charge in [-0.2, -0.15) is 0 Å². The lowest BCUT2D eigenvalue weighted by Gasteiger charge is -1.69. The Morgan fingerprint density at radius 3 is 1.60 bits per heavy atom. The topological polar surface area (TPSA) is 72.5 Å². The molecule has 0 aromatic heterocycles. The summed E-state index contributed by atoms with van der Waals surface area (Å²) in [6.45, 7) is 0. The third-order valence-corrected chi connectivity index (χ3v) is 0.158. The summed E-state index contributed by atoms with van der Waals surface area (Å²) in [5, 5.41) is 3.31. The van der Waals surface area contributed by atoms with Gasteiger partial charge in [0, 0.05) is 0 Å². The van der Waals surface area contributed by atoms with E-state index >= 15 is 0 Å². The molecule has 0 aromatic rings.